The Morgan fingerprint density at radius 1 is 1.25 bits per heavy atom. The van der Waals surface area contributed by atoms with Crippen molar-refractivity contribution in [2.24, 2.45) is 5.92 Å². The number of fused-ring (bicyclic) bond motifs is 1. The fourth-order valence-electron chi connectivity index (χ4n) is 1.76. The minimum atomic E-state index is -0.510. The number of ether oxygens (including phenoxy) is 2. The van der Waals surface area contributed by atoms with Crippen LogP contribution in [0.25, 0.3) is 10.9 Å². The lowest BCUT2D eigenvalue weighted by Gasteiger charge is -2.13. The van der Waals surface area contributed by atoms with Crippen LogP contribution in [0, 0.1) is 5.92 Å². The Balaban J connectivity index is 2.49. The van der Waals surface area contributed by atoms with E-state index >= 15 is 0 Å². The molecule has 1 aromatic heterocycles. The molecule has 0 aliphatic rings. The molecule has 0 spiro atoms. The fraction of sp³-hybridized carbons (Fsp3) is 0.400. The van der Waals surface area contributed by atoms with E-state index in [-0.39, 0.29) is 12.3 Å². The number of carbonyl (C=O) groups excluding carboxylic acids is 1. The van der Waals surface area contributed by atoms with Gasteiger partial charge < -0.3 is 9.47 Å². The van der Waals surface area contributed by atoms with E-state index in [1.165, 1.54) is 0 Å². The first-order valence-corrected chi connectivity index (χ1v) is 6.68. The highest BCUT2D eigenvalue weighted by molar-refractivity contribution is 5.97. The van der Waals surface area contributed by atoms with Gasteiger partial charge in [0.25, 0.3) is 0 Å². The van der Waals surface area contributed by atoms with E-state index in [2.05, 4.69) is 10.2 Å². The third-order valence-electron chi connectivity index (χ3n) is 2.65. The van der Waals surface area contributed by atoms with Crippen LogP contribution in [0.15, 0.2) is 24.3 Å². The van der Waals surface area contributed by atoms with E-state index in [0.717, 1.165) is 5.39 Å². The van der Waals surface area contributed by atoms with Crippen LogP contribution >= 0.6 is 0 Å². The van der Waals surface area contributed by atoms with Crippen molar-refractivity contribution in [2.45, 2.75) is 20.8 Å². The Morgan fingerprint density at radius 2 is 2.00 bits per heavy atom. The summed E-state index contributed by atoms with van der Waals surface area (Å²) >= 11 is 0. The molecule has 5 heteroatoms. The third kappa shape index (κ3) is 3.04. The molecule has 0 fully saturated rings. The maximum atomic E-state index is 11.9. The zero-order valence-electron chi connectivity index (χ0n) is 11.9. The minimum absolute atomic E-state index is 0.131. The highest BCUT2D eigenvalue weighted by Gasteiger charge is 2.20. The maximum Gasteiger partial charge on any atom is 0.362 e. The van der Waals surface area contributed by atoms with Crippen molar-refractivity contribution in [3.05, 3.63) is 30.0 Å². The van der Waals surface area contributed by atoms with Gasteiger partial charge in [-0.1, -0.05) is 26.0 Å². The smallest absolute Gasteiger partial charge is 0.362 e. The number of nitrogens with zero attached hydrogens (tertiary/aromatic N) is 2. The normalized spacial score (nSPS) is 10.8. The number of benzene rings is 1. The summed E-state index contributed by atoms with van der Waals surface area (Å²) in [5.41, 5.74) is 0.825. The molecule has 0 radical (unpaired) electrons. The van der Waals surface area contributed by atoms with E-state index in [1.54, 1.807) is 6.92 Å². The molecule has 0 atom stereocenters. The predicted octanol–water partition coefficient (Wildman–Crippen LogP) is 2.84. The zero-order chi connectivity index (χ0) is 14.5. The van der Waals surface area contributed by atoms with Crippen LogP contribution < -0.4 is 4.74 Å². The monoisotopic (exact) mass is 274 g/mol. The Bertz CT molecular complexity index is 611. The summed E-state index contributed by atoms with van der Waals surface area (Å²) < 4.78 is 10.8. The number of hydrogen-bond acceptors (Lipinski definition) is 5. The van der Waals surface area contributed by atoms with Gasteiger partial charge >= 0.3 is 5.97 Å². The minimum Gasteiger partial charge on any atom is -0.490 e. The summed E-state index contributed by atoms with van der Waals surface area (Å²) in [4.78, 5) is 11.9. The van der Waals surface area contributed by atoms with Crippen LogP contribution in [0.1, 0.15) is 31.3 Å². The van der Waals surface area contributed by atoms with E-state index < -0.39 is 5.97 Å². The average molecular weight is 274 g/mol. The van der Waals surface area contributed by atoms with Gasteiger partial charge in [0, 0.05) is 5.39 Å². The van der Waals surface area contributed by atoms with Gasteiger partial charge in [0.1, 0.15) is 0 Å². The molecule has 0 amide bonds. The summed E-state index contributed by atoms with van der Waals surface area (Å²) in [6.07, 6.45) is 0. The summed E-state index contributed by atoms with van der Waals surface area (Å²) in [5, 5.41) is 8.76. The van der Waals surface area contributed by atoms with Gasteiger partial charge in [-0.05, 0) is 25.0 Å². The highest BCUT2D eigenvalue weighted by atomic mass is 16.5. The lowest BCUT2D eigenvalue weighted by Crippen LogP contribution is -2.14. The van der Waals surface area contributed by atoms with Crippen molar-refractivity contribution in [2.75, 3.05) is 13.2 Å². The Morgan fingerprint density at radius 3 is 2.70 bits per heavy atom. The summed E-state index contributed by atoms with van der Waals surface area (Å²) in [6.45, 7) is 6.63. The van der Waals surface area contributed by atoms with Crippen molar-refractivity contribution in [1.82, 2.24) is 10.2 Å². The van der Waals surface area contributed by atoms with Crippen LogP contribution in [0.4, 0.5) is 0 Å². The molecule has 20 heavy (non-hydrogen) atoms. The standard InChI is InChI=1S/C15H18N2O3/c1-4-19-15(18)13-14(20-9-10(2)3)11-7-5-6-8-12(11)16-17-13/h5-8,10H,4,9H2,1-3H3. The van der Waals surface area contributed by atoms with Gasteiger partial charge in [0.2, 0.25) is 5.69 Å². The van der Waals surface area contributed by atoms with Crippen LogP contribution in [0.5, 0.6) is 5.75 Å². The number of carbonyl (C=O) groups is 1. The summed E-state index contributed by atoms with van der Waals surface area (Å²) in [5.74, 6) is 0.282. The molecule has 0 aliphatic heterocycles. The number of esters is 1. The van der Waals surface area contributed by atoms with E-state index in [4.69, 9.17) is 9.47 Å². The highest BCUT2D eigenvalue weighted by Crippen LogP contribution is 2.27. The van der Waals surface area contributed by atoms with Crippen LogP contribution in [-0.2, 0) is 4.74 Å². The van der Waals surface area contributed by atoms with Gasteiger partial charge in [-0.3, -0.25) is 0 Å². The molecule has 106 valence electrons. The molecule has 1 heterocycles. The molecule has 0 saturated carbocycles. The number of hydrogen-bond donors (Lipinski definition) is 0. The quantitative estimate of drug-likeness (QED) is 0.784. The van der Waals surface area contributed by atoms with Crippen LogP contribution in [0.3, 0.4) is 0 Å². The number of rotatable bonds is 5. The van der Waals surface area contributed by atoms with Crippen molar-refractivity contribution in [1.29, 1.82) is 0 Å². The molecular formula is C15H18N2O3. The van der Waals surface area contributed by atoms with Crippen molar-refractivity contribution >= 4 is 16.9 Å². The van der Waals surface area contributed by atoms with E-state index in [0.29, 0.717) is 23.8 Å². The lowest BCUT2D eigenvalue weighted by molar-refractivity contribution is 0.0512. The molecule has 0 aliphatic carbocycles. The molecule has 1 aromatic carbocycles. The zero-order valence-corrected chi connectivity index (χ0v) is 11.9. The fourth-order valence-corrected chi connectivity index (χ4v) is 1.76. The maximum absolute atomic E-state index is 11.9. The van der Waals surface area contributed by atoms with Crippen molar-refractivity contribution in [3.8, 4) is 5.75 Å². The molecule has 0 bridgehead atoms. The molecular weight excluding hydrogens is 256 g/mol. The molecule has 5 nitrogen and oxygen atoms in total. The second-order valence-electron chi connectivity index (χ2n) is 4.82. The van der Waals surface area contributed by atoms with Crippen LogP contribution in [-0.4, -0.2) is 29.4 Å². The molecule has 2 aromatic rings. The van der Waals surface area contributed by atoms with E-state index in [9.17, 15) is 4.79 Å². The second-order valence-corrected chi connectivity index (χ2v) is 4.82. The number of aromatic nitrogens is 2. The third-order valence-corrected chi connectivity index (χ3v) is 2.65. The Labute approximate surface area is 117 Å². The van der Waals surface area contributed by atoms with Gasteiger partial charge in [0.15, 0.2) is 5.75 Å². The van der Waals surface area contributed by atoms with Gasteiger partial charge in [0.05, 0.1) is 18.7 Å². The summed E-state index contributed by atoms with van der Waals surface area (Å²) in [6, 6.07) is 7.44. The molecule has 0 saturated heterocycles. The Hall–Kier alpha value is -2.17. The van der Waals surface area contributed by atoms with Gasteiger partial charge in [-0.25, -0.2) is 4.79 Å². The van der Waals surface area contributed by atoms with Crippen molar-refractivity contribution < 1.29 is 14.3 Å². The second kappa shape index (κ2) is 6.32. The van der Waals surface area contributed by atoms with Crippen molar-refractivity contribution in [3.63, 3.8) is 0 Å². The first kappa shape index (κ1) is 14.2. The predicted molar refractivity (Wildman–Crippen MR) is 75.8 cm³/mol. The topological polar surface area (TPSA) is 61.3 Å². The molecule has 0 unspecified atom stereocenters. The molecule has 0 N–H and O–H groups in total. The van der Waals surface area contributed by atoms with Crippen LogP contribution in [0.2, 0.25) is 0 Å². The largest absolute Gasteiger partial charge is 0.490 e. The first-order valence-electron chi connectivity index (χ1n) is 6.68. The summed E-state index contributed by atoms with van der Waals surface area (Å²) in [7, 11) is 0. The van der Waals surface area contributed by atoms with Gasteiger partial charge in [-0.15, -0.1) is 10.2 Å². The SMILES string of the molecule is CCOC(=O)c1nnc2ccccc2c1OCC(C)C. The average Bonchev–Trinajstić information content (AvgIpc) is 2.44. The Kier molecular flexibility index (Phi) is 4.50. The first-order chi connectivity index (χ1) is 9.63. The molecule has 2 rings (SSSR count). The lowest BCUT2D eigenvalue weighted by atomic mass is 10.2. The van der Waals surface area contributed by atoms with E-state index in [1.807, 2.05) is 38.1 Å². The van der Waals surface area contributed by atoms with Gasteiger partial charge in [-0.2, -0.15) is 0 Å².